The van der Waals surface area contributed by atoms with Gasteiger partial charge in [0.25, 0.3) is 5.91 Å². The van der Waals surface area contributed by atoms with Crippen LogP contribution in [-0.4, -0.2) is 84.5 Å². The van der Waals surface area contributed by atoms with E-state index in [0.717, 1.165) is 12.8 Å². The molecule has 236 valence electrons. The van der Waals surface area contributed by atoms with Crippen molar-refractivity contribution in [3.8, 4) is 23.0 Å². The Kier molecular flexibility index (Phi) is 9.65. The number of rotatable bonds is 9. The van der Waals surface area contributed by atoms with Gasteiger partial charge in [0.2, 0.25) is 5.89 Å². The maximum Gasteiger partial charge on any atom is 0.409 e. The number of aromatic nitrogens is 1. The molecule has 12 nitrogen and oxygen atoms in total. The third kappa shape index (κ3) is 8.26. The number of nitrogens with one attached hydrogen (secondary N) is 1. The molecular weight excluding hydrogens is 570 g/mol. The van der Waals surface area contributed by atoms with Crippen LogP contribution in [0.3, 0.4) is 0 Å². The van der Waals surface area contributed by atoms with Crippen LogP contribution < -0.4 is 14.8 Å². The number of hydrogen-bond donors (Lipinski definition) is 1. The summed E-state index contributed by atoms with van der Waals surface area (Å²) in [7, 11) is 1.29. The van der Waals surface area contributed by atoms with Crippen molar-refractivity contribution in [2.24, 2.45) is 5.92 Å². The first-order valence-electron chi connectivity index (χ1n) is 14.1. The summed E-state index contributed by atoms with van der Waals surface area (Å²) in [5.74, 6) is -0.0898. The maximum atomic E-state index is 13.9. The molecule has 0 radical (unpaired) electrons. The number of oxazole rings is 1. The normalized spacial score (nSPS) is 17.8. The number of alkyl carbamates (subject to hydrolysis) is 1. The van der Waals surface area contributed by atoms with Crippen molar-refractivity contribution < 1.29 is 46.5 Å². The zero-order valence-electron chi connectivity index (χ0n) is 25.1. The molecule has 14 heteroatoms. The van der Waals surface area contributed by atoms with E-state index in [-0.39, 0.29) is 54.5 Å². The topological polar surface area (TPSA) is 133 Å². The second-order valence-corrected chi connectivity index (χ2v) is 11.7. The monoisotopic (exact) mass is 608 g/mol. The summed E-state index contributed by atoms with van der Waals surface area (Å²) in [6.45, 7) is 6.58. The van der Waals surface area contributed by atoms with Crippen LogP contribution in [0, 0.1) is 5.92 Å². The molecule has 1 unspecified atom stereocenters. The van der Waals surface area contributed by atoms with Crippen molar-refractivity contribution in [3.63, 3.8) is 0 Å². The molecule has 1 aliphatic heterocycles. The molecule has 1 N–H and O–H groups in total. The van der Waals surface area contributed by atoms with E-state index in [4.69, 9.17) is 18.6 Å². The molecule has 0 bridgehead atoms. The number of nitrogens with zero attached hydrogens (tertiary/aromatic N) is 3. The van der Waals surface area contributed by atoms with Gasteiger partial charge in [-0.05, 0) is 71.6 Å². The van der Waals surface area contributed by atoms with Crippen molar-refractivity contribution in [2.45, 2.75) is 71.8 Å². The molecule has 1 aliphatic carbocycles. The van der Waals surface area contributed by atoms with Crippen LogP contribution in [-0.2, 0) is 9.47 Å². The quantitative estimate of drug-likeness (QED) is 0.406. The standard InChI is InChI=1S/C29H38F2N4O8/c1-16-14-34(28(38)39-6)11-12-35(16)25(36)22-23(17(2)32-27(37)43-29(3,4)5)42-24(33-22)19-9-10-20(41-26(30)31)21(13-19)40-15-18-7-8-18/h9-10,13,16-18,26H,7-8,11-12,14-15H2,1-6H3,(H,32,37)/t16?,17-/m0/s1. The van der Waals surface area contributed by atoms with E-state index in [0.29, 0.717) is 18.1 Å². The van der Waals surface area contributed by atoms with Gasteiger partial charge in [0.1, 0.15) is 5.60 Å². The average molecular weight is 609 g/mol. The third-order valence-electron chi connectivity index (χ3n) is 6.88. The molecule has 1 aromatic heterocycles. The van der Waals surface area contributed by atoms with Crippen molar-refractivity contribution in [1.29, 1.82) is 0 Å². The van der Waals surface area contributed by atoms with Crippen molar-refractivity contribution >= 4 is 18.1 Å². The summed E-state index contributed by atoms with van der Waals surface area (Å²) < 4.78 is 52.8. The fraction of sp³-hybridized carbons (Fsp3) is 0.586. The number of hydrogen-bond acceptors (Lipinski definition) is 9. The summed E-state index contributed by atoms with van der Waals surface area (Å²) in [5.41, 5.74) is -0.464. The SMILES string of the molecule is COC(=O)N1CCN(C(=O)c2nc(-c3ccc(OC(F)F)c(OCC4CC4)c3)oc2[C@H](C)NC(=O)OC(C)(C)C)C(C)C1. The van der Waals surface area contributed by atoms with Crippen LogP contribution in [0.25, 0.3) is 11.5 Å². The van der Waals surface area contributed by atoms with E-state index in [1.54, 1.807) is 39.5 Å². The Morgan fingerprint density at radius 2 is 1.88 bits per heavy atom. The highest BCUT2D eigenvalue weighted by atomic mass is 19.3. The average Bonchev–Trinajstić information content (AvgIpc) is 3.65. The first-order chi connectivity index (χ1) is 20.3. The highest BCUT2D eigenvalue weighted by Gasteiger charge is 2.36. The Morgan fingerprint density at radius 1 is 1.16 bits per heavy atom. The largest absolute Gasteiger partial charge is 0.489 e. The van der Waals surface area contributed by atoms with Gasteiger partial charge in [-0.15, -0.1) is 0 Å². The highest BCUT2D eigenvalue weighted by molar-refractivity contribution is 5.94. The van der Waals surface area contributed by atoms with Gasteiger partial charge in [0, 0.05) is 31.2 Å². The Hall–Kier alpha value is -4.10. The number of benzene rings is 1. The molecule has 2 heterocycles. The molecule has 2 aliphatic rings. The smallest absolute Gasteiger partial charge is 0.409 e. The van der Waals surface area contributed by atoms with Gasteiger partial charge in [-0.2, -0.15) is 8.78 Å². The van der Waals surface area contributed by atoms with Crippen LogP contribution in [0.1, 0.15) is 69.8 Å². The summed E-state index contributed by atoms with van der Waals surface area (Å²) in [4.78, 5) is 46.0. The minimum atomic E-state index is -3.05. The zero-order valence-corrected chi connectivity index (χ0v) is 25.1. The molecule has 2 atom stereocenters. The van der Waals surface area contributed by atoms with Gasteiger partial charge in [-0.3, -0.25) is 4.79 Å². The Morgan fingerprint density at radius 3 is 2.49 bits per heavy atom. The van der Waals surface area contributed by atoms with Crippen LogP contribution in [0.4, 0.5) is 18.4 Å². The van der Waals surface area contributed by atoms with Gasteiger partial charge in [-0.1, -0.05) is 0 Å². The van der Waals surface area contributed by atoms with E-state index in [1.807, 2.05) is 0 Å². The molecule has 1 saturated heterocycles. The van der Waals surface area contributed by atoms with Gasteiger partial charge in [-0.25, -0.2) is 14.6 Å². The predicted molar refractivity (Wildman–Crippen MR) is 149 cm³/mol. The van der Waals surface area contributed by atoms with Gasteiger partial charge < -0.3 is 38.5 Å². The summed E-state index contributed by atoms with van der Waals surface area (Å²) in [6.07, 6.45) is 0.778. The summed E-state index contributed by atoms with van der Waals surface area (Å²) in [5, 5.41) is 2.68. The van der Waals surface area contributed by atoms with E-state index in [9.17, 15) is 23.2 Å². The molecular formula is C29H38F2N4O8. The lowest BCUT2D eigenvalue weighted by Gasteiger charge is -2.38. The van der Waals surface area contributed by atoms with E-state index >= 15 is 0 Å². The molecule has 43 heavy (non-hydrogen) atoms. The third-order valence-corrected chi connectivity index (χ3v) is 6.88. The minimum Gasteiger partial charge on any atom is -0.489 e. The van der Waals surface area contributed by atoms with Crippen molar-refractivity contribution in [2.75, 3.05) is 33.4 Å². The van der Waals surface area contributed by atoms with Gasteiger partial charge >= 0.3 is 18.8 Å². The minimum absolute atomic E-state index is 0.0110. The van der Waals surface area contributed by atoms with E-state index in [1.165, 1.54) is 30.2 Å². The van der Waals surface area contributed by atoms with Gasteiger partial charge in [0.15, 0.2) is 23.0 Å². The lowest BCUT2D eigenvalue weighted by Crippen LogP contribution is -2.55. The number of piperazine rings is 1. The number of ether oxygens (including phenoxy) is 4. The highest BCUT2D eigenvalue weighted by Crippen LogP contribution is 2.37. The van der Waals surface area contributed by atoms with Crippen molar-refractivity contribution in [1.82, 2.24) is 20.1 Å². The number of methoxy groups -OCH3 is 1. The lowest BCUT2D eigenvalue weighted by molar-refractivity contribution is -0.0515. The molecule has 0 spiro atoms. The second-order valence-electron chi connectivity index (χ2n) is 11.7. The fourth-order valence-electron chi connectivity index (χ4n) is 4.58. The summed E-state index contributed by atoms with van der Waals surface area (Å²) in [6, 6.07) is 3.04. The number of carbonyl (C=O) groups is 3. The number of halogens is 2. The predicted octanol–water partition coefficient (Wildman–Crippen LogP) is 5.23. The lowest BCUT2D eigenvalue weighted by atomic mass is 10.1. The van der Waals surface area contributed by atoms with E-state index in [2.05, 4.69) is 15.0 Å². The number of amides is 3. The van der Waals surface area contributed by atoms with Crippen LogP contribution in [0.15, 0.2) is 22.6 Å². The molecule has 1 saturated carbocycles. The molecule has 2 fully saturated rings. The van der Waals surface area contributed by atoms with Crippen LogP contribution in [0.5, 0.6) is 11.5 Å². The van der Waals surface area contributed by atoms with Crippen LogP contribution >= 0.6 is 0 Å². The van der Waals surface area contributed by atoms with Crippen molar-refractivity contribution in [3.05, 3.63) is 29.7 Å². The fourth-order valence-corrected chi connectivity index (χ4v) is 4.58. The Bertz CT molecular complexity index is 1320. The Balaban J connectivity index is 1.67. The molecule has 4 rings (SSSR count). The second kappa shape index (κ2) is 13.0. The number of carbonyl (C=O) groups excluding carboxylic acids is 3. The molecule has 1 aromatic carbocycles. The first kappa shape index (κ1) is 31.8. The zero-order chi connectivity index (χ0) is 31.5. The molecule has 2 aromatic rings. The van der Waals surface area contributed by atoms with E-state index < -0.39 is 36.3 Å². The first-order valence-corrected chi connectivity index (χ1v) is 14.1. The Labute approximate surface area is 248 Å². The van der Waals surface area contributed by atoms with Gasteiger partial charge in [0.05, 0.1) is 19.8 Å². The molecule has 3 amide bonds. The maximum absolute atomic E-state index is 13.9. The number of alkyl halides is 2. The summed E-state index contributed by atoms with van der Waals surface area (Å²) >= 11 is 0. The van der Waals surface area contributed by atoms with Crippen LogP contribution in [0.2, 0.25) is 0 Å².